The molecule has 0 aromatic carbocycles. The molecule has 5 saturated heterocycles. The number of nitrogens with zero attached hydrogens (tertiary/aromatic N) is 16. The number of aliphatic hydroxyl groups is 15. The Kier molecular flexibility index (Phi) is 23.1. The number of fused-ring (bicyclic) bond motifs is 5. The van der Waals surface area contributed by atoms with Crippen molar-refractivity contribution >= 4 is 78.6 Å². The van der Waals surface area contributed by atoms with Gasteiger partial charge in [-0.05, 0) is 43.5 Å². The van der Waals surface area contributed by atoms with E-state index in [0.717, 1.165) is 38.1 Å². The molecule has 0 spiro atoms. The Morgan fingerprint density at radius 2 is 0.720 bits per heavy atom. The molecule has 5 aliphatic rings. The molecular formula is C61H79N17O21S. The maximum atomic E-state index is 10.1. The third-order valence-electron chi connectivity index (χ3n) is 17.7. The molecule has 100 heavy (non-hydrogen) atoms. The minimum absolute atomic E-state index is 0.345. The summed E-state index contributed by atoms with van der Waals surface area (Å²) in [6.45, 7) is 0.0926. The van der Waals surface area contributed by atoms with Crippen LogP contribution < -0.4 is 15.0 Å². The average Bonchev–Trinajstić information content (AvgIpc) is 1.65. The molecule has 0 unspecified atom stereocenters. The van der Waals surface area contributed by atoms with Crippen LogP contribution in [0.5, 0.6) is 5.88 Å². The molecule has 10 aromatic heterocycles. The molecule has 39 heteroatoms. The highest BCUT2D eigenvalue weighted by Crippen LogP contribution is 2.39. The van der Waals surface area contributed by atoms with Crippen LogP contribution in [0.2, 0.25) is 0 Å². The van der Waals surface area contributed by atoms with Crippen LogP contribution in [0, 0.1) is 6.92 Å². The van der Waals surface area contributed by atoms with Crippen LogP contribution in [0.1, 0.15) is 36.8 Å². The first kappa shape index (κ1) is 73.3. The van der Waals surface area contributed by atoms with E-state index in [1.807, 2.05) is 50.4 Å². The van der Waals surface area contributed by atoms with Gasteiger partial charge in [-0.2, -0.15) is 0 Å². The lowest BCUT2D eigenvalue weighted by atomic mass is 10.1. The molecule has 15 rings (SSSR count). The standard InChI is InChI=1S/C13H18N4O4.C12H16N4O4.C12H15N3O5.C12H15N3O4S.C12H15N3O4/c1-16(2)11-7-3-4-17(12(7)15-6-14-11)13-10(20)9(19)8(5-18)21-13;1-13-10-6-2-3-16(11(6)15-5-14-10)12-9(19)8(18)7(4-17)20-12;1-19-11-6-2-3-15(10(6)13-5-14-11)12-9(18)8(17)7(4-16)20-12;1-20-11-6-2-3-15(10(6)13-5-14-11)12-9(18)8(17)7(4-16)19-12;1-6-7-2-3-15(11(7)14-5-13-6)12-10(18)9(17)8(4-16)19-12/h3-4,6,8-10,13,18-20H,5H2,1-2H3;2-3,5,7-9,12,17-19H,4H2,1H3,(H,13,14,15);2*2-3,5,7-9,12,16-18H,4H2,1H3;2-3,5,8-10,12,16-18H,4H2,1H3/t8-,9-,10-,13-;3*7-,8-,9-,12-;8-,9-,10-,12-/m11111/s1. The van der Waals surface area contributed by atoms with E-state index in [9.17, 15) is 51.1 Å². The second-order valence-electron chi connectivity index (χ2n) is 23.7. The van der Waals surface area contributed by atoms with Crippen molar-refractivity contribution < 1.29 is 105 Å². The third kappa shape index (κ3) is 13.9. The molecule has 5 fully saturated rings. The first-order valence-electron chi connectivity index (χ1n) is 31.3. The van der Waals surface area contributed by atoms with Crippen molar-refractivity contribution in [3.63, 3.8) is 0 Å². The Labute approximate surface area is 571 Å². The van der Waals surface area contributed by atoms with Crippen molar-refractivity contribution in [2.75, 3.05) is 77.8 Å². The van der Waals surface area contributed by atoms with Crippen LogP contribution in [-0.4, -0.2) is 308 Å². The number of anilines is 2. The minimum Gasteiger partial charge on any atom is -0.480 e. The van der Waals surface area contributed by atoms with Crippen LogP contribution in [-0.2, 0) is 23.7 Å². The van der Waals surface area contributed by atoms with E-state index in [1.54, 1.807) is 73.0 Å². The topological polar surface area (TPSA) is 528 Å². The summed E-state index contributed by atoms with van der Waals surface area (Å²) in [6, 6.07) is 9.05. The van der Waals surface area contributed by atoms with Crippen LogP contribution in [0.25, 0.3) is 55.2 Å². The Balaban J connectivity index is 0.000000126. The fraction of sp³-hybridized carbons (Fsp3) is 0.508. The predicted octanol–water partition coefficient (Wildman–Crippen LogP) is -3.64. The van der Waals surface area contributed by atoms with Crippen molar-refractivity contribution in [2.45, 2.75) is 135 Å². The SMILES string of the molecule is CN(C)c1ncnc2c1ccn2[C@@H]1O[C@H](CO)[C@@H](O)[C@H]1O.CNc1ncnc2c1ccn2[C@@H]1O[C@H](CO)[C@@H](O)[C@H]1O.COc1ncnc2c1ccn2[C@@H]1O[C@H](CO)[C@@H](O)[C@H]1O.CSc1ncnc2c1ccn2[C@@H]1O[C@H](CO)[C@@H](O)[C@H]1O.Cc1ncnc2c1ccn2[C@@H]1O[C@H](CO)[C@@H](O)[C@H]1O. The number of methoxy groups -OCH3 is 1. The number of ether oxygens (including phenoxy) is 6. The molecule has 38 nitrogen and oxygen atoms in total. The van der Waals surface area contributed by atoms with Crippen molar-refractivity contribution in [3.8, 4) is 5.88 Å². The summed E-state index contributed by atoms with van der Waals surface area (Å²) in [7, 11) is 7.02. The summed E-state index contributed by atoms with van der Waals surface area (Å²) in [5, 5.41) is 153. The van der Waals surface area contributed by atoms with Gasteiger partial charge >= 0.3 is 0 Å². The van der Waals surface area contributed by atoms with Gasteiger partial charge in [-0.15, -0.1) is 11.8 Å². The number of rotatable bonds is 14. The number of hydrogen-bond donors (Lipinski definition) is 16. The molecule has 5 aliphatic heterocycles. The first-order valence-corrected chi connectivity index (χ1v) is 32.5. The van der Waals surface area contributed by atoms with Gasteiger partial charge in [0.1, 0.15) is 168 Å². The summed E-state index contributed by atoms with van der Waals surface area (Å²) in [5.74, 6) is 1.84. The third-order valence-corrected chi connectivity index (χ3v) is 18.4. The van der Waals surface area contributed by atoms with E-state index in [4.69, 9.17) is 54.0 Å². The van der Waals surface area contributed by atoms with Gasteiger partial charge in [0.05, 0.1) is 67.4 Å². The van der Waals surface area contributed by atoms with Gasteiger partial charge in [-0.25, -0.2) is 49.8 Å². The molecule has 540 valence electrons. The maximum absolute atomic E-state index is 10.1. The van der Waals surface area contributed by atoms with E-state index in [-0.39, 0.29) is 33.0 Å². The van der Waals surface area contributed by atoms with Gasteiger partial charge in [-0.1, -0.05) is 0 Å². The van der Waals surface area contributed by atoms with Crippen molar-refractivity contribution in [2.24, 2.45) is 0 Å². The molecule has 0 bridgehead atoms. The number of aryl methyl sites for hydroxylation is 1. The fourth-order valence-corrected chi connectivity index (χ4v) is 12.9. The first-order chi connectivity index (χ1) is 48.2. The molecular weight excluding hydrogens is 1340 g/mol. The van der Waals surface area contributed by atoms with Crippen LogP contribution in [0.15, 0.2) is 98.0 Å². The zero-order valence-electron chi connectivity index (χ0n) is 54.5. The zero-order valence-corrected chi connectivity index (χ0v) is 55.3. The van der Waals surface area contributed by atoms with Gasteiger partial charge in [0.2, 0.25) is 5.88 Å². The summed E-state index contributed by atoms with van der Waals surface area (Å²) in [4.78, 5) is 43.4. The van der Waals surface area contributed by atoms with Crippen LogP contribution in [0.3, 0.4) is 0 Å². The number of thioether (sulfide) groups is 1. The van der Waals surface area contributed by atoms with Crippen molar-refractivity contribution in [3.05, 3.63) is 98.6 Å². The van der Waals surface area contributed by atoms with Gasteiger partial charge in [0, 0.05) is 57.5 Å². The lowest BCUT2D eigenvalue weighted by Crippen LogP contribution is -2.33. The highest BCUT2D eigenvalue weighted by Gasteiger charge is 2.48. The lowest BCUT2D eigenvalue weighted by molar-refractivity contribution is -0.0508. The average molecular weight is 1420 g/mol. The number of aliphatic hydroxyl groups excluding tert-OH is 15. The maximum Gasteiger partial charge on any atom is 0.225 e. The minimum atomic E-state index is -1.15. The second kappa shape index (κ2) is 31.5. The highest BCUT2D eigenvalue weighted by molar-refractivity contribution is 7.98. The predicted molar refractivity (Wildman–Crippen MR) is 350 cm³/mol. The lowest BCUT2D eigenvalue weighted by Gasteiger charge is -2.18. The molecule has 20 atom stereocenters. The molecule has 0 amide bonds. The normalized spacial score (nSPS) is 30.1. The van der Waals surface area contributed by atoms with Crippen molar-refractivity contribution in [1.82, 2.24) is 72.7 Å². The summed E-state index contributed by atoms with van der Waals surface area (Å²) in [6.07, 6.45) is -1.67. The van der Waals surface area contributed by atoms with Gasteiger partial charge < -0.3 is 138 Å². The van der Waals surface area contributed by atoms with Crippen LogP contribution >= 0.6 is 11.8 Å². The monoisotopic (exact) mass is 1420 g/mol. The van der Waals surface area contributed by atoms with Gasteiger partial charge in [0.25, 0.3) is 0 Å². The summed E-state index contributed by atoms with van der Waals surface area (Å²) in [5.41, 5.74) is 3.78. The molecule has 15 heterocycles. The van der Waals surface area contributed by atoms with E-state index in [2.05, 4.69) is 55.2 Å². The van der Waals surface area contributed by atoms with Crippen molar-refractivity contribution in [1.29, 1.82) is 0 Å². The second-order valence-corrected chi connectivity index (χ2v) is 24.5. The van der Waals surface area contributed by atoms with Gasteiger partial charge in [0.15, 0.2) is 31.1 Å². The quantitative estimate of drug-likeness (QED) is 0.0369. The fourth-order valence-electron chi connectivity index (χ4n) is 12.4. The summed E-state index contributed by atoms with van der Waals surface area (Å²) >= 11 is 1.50. The summed E-state index contributed by atoms with van der Waals surface area (Å²) < 4.78 is 40.8. The molecule has 0 saturated carbocycles. The Morgan fingerprint density at radius 1 is 0.410 bits per heavy atom. The largest absolute Gasteiger partial charge is 0.480 e. The number of aromatic nitrogens is 15. The van der Waals surface area contributed by atoms with E-state index >= 15 is 0 Å². The Hall–Kier alpha value is -7.95. The number of hydrogen-bond acceptors (Lipinski definition) is 34. The van der Waals surface area contributed by atoms with E-state index in [0.29, 0.717) is 45.3 Å². The number of nitrogens with one attached hydrogen (secondary N) is 1. The van der Waals surface area contributed by atoms with Gasteiger partial charge in [-0.3, -0.25) is 0 Å². The van der Waals surface area contributed by atoms with E-state index in [1.165, 1.54) is 50.5 Å². The van der Waals surface area contributed by atoms with Crippen LogP contribution in [0.4, 0.5) is 11.6 Å². The highest BCUT2D eigenvalue weighted by atomic mass is 32.2. The Bertz CT molecular complexity index is 4100. The zero-order chi connectivity index (χ0) is 71.5. The molecule has 16 N–H and O–H groups in total. The smallest absolute Gasteiger partial charge is 0.225 e. The molecule has 10 aromatic rings. The van der Waals surface area contributed by atoms with E-state index < -0.39 is 123 Å². The molecule has 0 aliphatic carbocycles. The molecule has 0 radical (unpaired) electrons. The Morgan fingerprint density at radius 3 is 1.09 bits per heavy atom.